The molecule has 0 aromatic carbocycles. The standard InChI is InChI=1S/C9H20N2O/c1-2-3-4-8-9(12)5-6-11(8)7-10/h8-9,12H,2-7,10H2,1H3. The Morgan fingerprint density at radius 1 is 1.58 bits per heavy atom. The van der Waals surface area contributed by atoms with E-state index in [1.807, 2.05) is 0 Å². The van der Waals surface area contributed by atoms with Crippen molar-refractivity contribution in [1.82, 2.24) is 4.90 Å². The van der Waals surface area contributed by atoms with Gasteiger partial charge in [0.05, 0.1) is 6.10 Å². The van der Waals surface area contributed by atoms with Gasteiger partial charge >= 0.3 is 0 Å². The summed E-state index contributed by atoms with van der Waals surface area (Å²) in [5.74, 6) is 0. The lowest BCUT2D eigenvalue weighted by atomic mass is 10.1. The third-order valence-electron chi connectivity index (χ3n) is 2.71. The zero-order valence-corrected chi connectivity index (χ0v) is 7.87. The van der Waals surface area contributed by atoms with Crippen LogP contribution in [0.4, 0.5) is 0 Å². The third-order valence-corrected chi connectivity index (χ3v) is 2.71. The van der Waals surface area contributed by atoms with Crippen LogP contribution in [-0.2, 0) is 0 Å². The SMILES string of the molecule is CCCCC1C(O)CCN1CN. The summed E-state index contributed by atoms with van der Waals surface area (Å²) in [6, 6.07) is 0.329. The molecule has 0 aliphatic carbocycles. The monoisotopic (exact) mass is 172 g/mol. The van der Waals surface area contributed by atoms with Crippen molar-refractivity contribution in [2.45, 2.75) is 44.8 Å². The fraction of sp³-hybridized carbons (Fsp3) is 1.00. The number of unbranched alkanes of at least 4 members (excludes halogenated alkanes) is 1. The maximum absolute atomic E-state index is 9.62. The number of rotatable bonds is 4. The van der Waals surface area contributed by atoms with Crippen molar-refractivity contribution in [2.75, 3.05) is 13.2 Å². The van der Waals surface area contributed by atoms with E-state index in [-0.39, 0.29) is 6.10 Å². The molecule has 0 saturated carbocycles. The molecule has 0 aromatic heterocycles. The van der Waals surface area contributed by atoms with Crippen molar-refractivity contribution in [1.29, 1.82) is 0 Å². The van der Waals surface area contributed by atoms with Crippen molar-refractivity contribution >= 4 is 0 Å². The molecule has 1 heterocycles. The predicted molar refractivity (Wildman–Crippen MR) is 49.7 cm³/mol. The second kappa shape index (κ2) is 4.80. The van der Waals surface area contributed by atoms with Gasteiger partial charge in [-0.25, -0.2) is 0 Å². The maximum Gasteiger partial charge on any atom is 0.0708 e. The Labute approximate surface area is 74.5 Å². The van der Waals surface area contributed by atoms with Crippen LogP contribution in [0.3, 0.4) is 0 Å². The highest BCUT2D eigenvalue weighted by atomic mass is 16.3. The van der Waals surface area contributed by atoms with Gasteiger partial charge in [0.1, 0.15) is 0 Å². The minimum absolute atomic E-state index is 0.139. The van der Waals surface area contributed by atoms with Gasteiger partial charge in [0.2, 0.25) is 0 Å². The summed E-state index contributed by atoms with van der Waals surface area (Å²) in [7, 11) is 0. The molecule has 0 radical (unpaired) electrons. The van der Waals surface area contributed by atoms with Gasteiger partial charge in [-0.2, -0.15) is 0 Å². The lowest BCUT2D eigenvalue weighted by Crippen LogP contribution is -2.38. The molecule has 3 nitrogen and oxygen atoms in total. The van der Waals surface area contributed by atoms with Crippen LogP contribution in [0.15, 0.2) is 0 Å². The minimum atomic E-state index is -0.139. The molecule has 2 unspecified atom stereocenters. The van der Waals surface area contributed by atoms with E-state index in [0.29, 0.717) is 12.7 Å². The quantitative estimate of drug-likeness (QED) is 0.650. The predicted octanol–water partition coefficient (Wildman–Crippen LogP) is 0.528. The molecule has 0 spiro atoms. The number of hydrogen-bond acceptors (Lipinski definition) is 3. The third kappa shape index (κ3) is 2.19. The van der Waals surface area contributed by atoms with Gasteiger partial charge in [0.15, 0.2) is 0 Å². The molecule has 0 aromatic rings. The fourth-order valence-electron chi connectivity index (χ4n) is 1.91. The van der Waals surface area contributed by atoms with Crippen LogP contribution in [0, 0.1) is 0 Å². The van der Waals surface area contributed by atoms with Crippen LogP contribution in [0.1, 0.15) is 32.6 Å². The molecule has 1 saturated heterocycles. The Bertz CT molecular complexity index is 130. The summed E-state index contributed by atoms with van der Waals surface area (Å²) in [6.45, 7) is 3.73. The molecule has 1 fully saturated rings. The number of likely N-dealkylation sites (tertiary alicyclic amines) is 1. The van der Waals surface area contributed by atoms with Crippen molar-refractivity contribution < 1.29 is 5.11 Å². The van der Waals surface area contributed by atoms with Crippen molar-refractivity contribution in [3.63, 3.8) is 0 Å². The van der Waals surface area contributed by atoms with Crippen LogP contribution in [-0.4, -0.2) is 35.4 Å². The Hall–Kier alpha value is -0.120. The molecule has 0 bridgehead atoms. The lowest BCUT2D eigenvalue weighted by molar-refractivity contribution is 0.110. The highest BCUT2D eigenvalue weighted by Gasteiger charge is 2.30. The van der Waals surface area contributed by atoms with Gasteiger partial charge in [0.25, 0.3) is 0 Å². The van der Waals surface area contributed by atoms with Gasteiger partial charge in [-0.15, -0.1) is 0 Å². The number of hydrogen-bond donors (Lipinski definition) is 2. The van der Waals surface area contributed by atoms with E-state index in [1.165, 1.54) is 12.8 Å². The van der Waals surface area contributed by atoms with E-state index >= 15 is 0 Å². The summed E-state index contributed by atoms with van der Waals surface area (Å²) in [4.78, 5) is 2.18. The summed E-state index contributed by atoms with van der Waals surface area (Å²) < 4.78 is 0. The van der Waals surface area contributed by atoms with Gasteiger partial charge in [-0.1, -0.05) is 19.8 Å². The van der Waals surface area contributed by atoms with E-state index in [1.54, 1.807) is 0 Å². The van der Waals surface area contributed by atoms with Crippen molar-refractivity contribution in [3.05, 3.63) is 0 Å². The highest BCUT2D eigenvalue weighted by Crippen LogP contribution is 2.21. The zero-order valence-electron chi connectivity index (χ0n) is 7.87. The lowest BCUT2D eigenvalue weighted by Gasteiger charge is -2.24. The second-order valence-corrected chi connectivity index (χ2v) is 3.56. The molecule has 3 heteroatoms. The Kier molecular flexibility index (Phi) is 3.98. The largest absolute Gasteiger partial charge is 0.391 e. The summed E-state index contributed by atoms with van der Waals surface area (Å²) in [5.41, 5.74) is 5.57. The van der Waals surface area contributed by atoms with Gasteiger partial charge in [0, 0.05) is 19.3 Å². The highest BCUT2D eigenvalue weighted by molar-refractivity contribution is 4.85. The van der Waals surface area contributed by atoms with Crippen LogP contribution >= 0.6 is 0 Å². The summed E-state index contributed by atoms with van der Waals surface area (Å²) >= 11 is 0. The smallest absolute Gasteiger partial charge is 0.0708 e. The van der Waals surface area contributed by atoms with Crippen LogP contribution < -0.4 is 5.73 Å². The van der Waals surface area contributed by atoms with Gasteiger partial charge in [-0.3, -0.25) is 4.90 Å². The Morgan fingerprint density at radius 3 is 2.92 bits per heavy atom. The summed E-state index contributed by atoms with van der Waals surface area (Å²) in [6.07, 6.45) is 4.24. The number of aliphatic hydroxyl groups excluding tert-OH is 1. The number of nitrogens with zero attached hydrogens (tertiary/aromatic N) is 1. The van der Waals surface area contributed by atoms with E-state index in [4.69, 9.17) is 5.73 Å². The molecule has 12 heavy (non-hydrogen) atoms. The van der Waals surface area contributed by atoms with Crippen LogP contribution in [0.25, 0.3) is 0 Å². The molecule has 72 valence electrons. The van der Waals surface area contributed by atoms with E-state index in [0.717, 1.165) is 19.4 Å². The molecular weight excluding hydrogens is 152 g/mol. The average Bonchev–Trinajstić information content (AvgIpc) is 2.43. The normalized spacial score (nSPS) is 31.2. The molecular formula is C9H20N2O. The first kappa shape index (κ1) is 9.96. The molecule has 2 atom stereocenters. The van der Waals surface area contributed by atoms with Gasteiger partial charge < -0.3 is 10.8 Å². The first-order chi connectivity index (χ1) is 5.79. The first-order valence-electron chi connectivity index (χ1n) is 4.91. The molecule has 0 amide bonds. The van der Waals surface area contributed by atoms with Gasteiger partial charge in [-0.05, 0) is 12.8 Å². The zero-order chi connectivity index (χ0) is 8.97. The fourth-order valence-corrected chi connectivity index (χ4v) is 1.91. The molecule has 1 aliphatic heterocycles. The van der Waals surface area contributed by atoms with Crippen molar-refractivity contribution in [3.8, 4) is 0 Å². The Balaban J connectivity index is 2.35. The average molecular weight is 172 g/mol. The summed E-state index contributed by atoms with van der Waals surface area (Å²) in [5, 5.41) is 9.62. The topological polar surface area (TPSA) is 49.5 Å². The second-order valence-electron chi connectivity index (χ2n) is 3.56. The Morgan fingerprint density at radius 2 is 2.33 bits per heavy atom. The molecule has 3 N–H and O–H groups in total. The first-order valence-corrected chi connectivity index (χ1v) is 4.91. The van der Waals surface area contributed by atoms with Crippen LogP contribution in [0.5, 0.6) is 0 Å². The van der Waals surface area contributed by atoms with Crippen molar-refractivity contribution in [2.24, 2.45) is 5.73 Å². The van der Waals surface area contributed by atoms with E-state index in [2.05, 4.69) is 11.8 Å². The van der Waals surface area contributed by atoms with E-state index in [9.17, 15) is 5.11 Å². The molecule has 1 rings (SSSR count). The number of nitrogens with two attached hydrogens (primary N) is 1. The maximum atomic E-state index is 9.62. The minimum Gasteiger partial charge on any atom is -0.391 e. The molecule has 1 aliphatic rings. The number of aliphatic hydroxyl groups is 1. The van der Waals surface area contributed by atoms with Crippen LogP contribution in [0.2, 0.25) is 0 Å². The van der Waals surface area contributed by atoms with E-state index < -0.39 is 0 Å².